The predicted molar refractivity (Wildman–Crippen MR) is 116 cm³/mol. The average molecular weight is 407 g/mol. The molecule has 1 aliphatic rings. The Bertz CT molecular complexity index is 1020. The Labute approximate surface area is 175 Å². The normalized spacial score (nSPS) is 16.6. The van der Waals surface area contributed by atoms with Gasteiger partial charge in [-0.05, 0) is 24.2 Å². The minimum atomic E-state index is -0.227. The SMILES string of the molecule is CC(c1ccc(-c2ccccc2F)cc1)c1cc(N=C(N)N2CCN(C)CC2)on1. The predicted octanol–water partition coefficient (Wildman–Crippen LogP) is 3.83. The molecule has 4 rings (SSSR count). The van der Waals surface area contributed by atoms with Crippen molar-refractivity contribution in [1.82, 2.24) is 15.0 Å². The van der Waals surface area contributed by atoms with Gasteiger partial charge in [-0.25, -0.2) is 4.39 Å². The number of hydrogen-bond donors (Lipinski definition) is 1. The van der Waals surface area contributed by atoms with Crippen molar-refractivity contribution < 1.29 is 8.91 Å². The average Bonchev–Trinajstić information content (AvgIpc) is 3.22. The molecule has 30 heavy (non-hydrogen) atoms. The number of aromatic nitrogens is 1. The summed E-state index contributed by atoms with van der Waals surface area (Å²) in [4.78, 5) is 8.71. The fourth-order valence-corrected chi connectivity index (χ4v) is 3.57. The highest BCUT2D eigenvalue weighted by Crippen LogP contribution is 2.29. The molecule has 0 spiro atoms. The number of nitrogens with zero attached hydrogens (tertiary/aromatic N) is 4. The van der Waals surface area contributed by atoms with E-state index in [1.807, 2.05) is 48.2 Å². The van der Waals surface area contributed by atoms with Crippen LogP contribution in [0.4, 0.5) is 10.3 Å². The smallest absolute Gasteiger partial charge is 0.253 e. The van der Waals surface area contributed by atoms with Crippen molar-refractivity contribution in [3.63, 3.8) is 0 Å². The molecule has 1 unspecified atom stereocenters. The van der Waals surface area contributed by atoms with E-state index in [4.69, 9.17) is 10.3 Å². The lowest BCUT2D eigenvalue weighted by molar-refractivity contribution is 0.214. The van der Waals surface area contributed by atoms with Gasteiger partial charge in [-0.15, -0.1) is 0 Å². The van der Waals surface area contributed by atoms with E-state index >= 15 is 0 Å². The maximum atomic E-state index is 14.0. The molecule has 3 aromatic rings. The largest absolute Gasteiger partial charge is 0.369 e. The molecule has 2 N–H and O–H groups in total. The number of piperazine rings is 1. The van der Waals surface area contributed by atoms with Crippen LogP contribution in [-0.4, -0.2) is 54.1 Å². The number of aliphatic imine (C=N–C) groups is 1. The van der Waals surface area contributed by atoms with Crippen LogP contribution in [0.5, 0.6) is 0 Å². The van der Waals surface area contributed by atoms with Crippen LogP contribution in [0.15, 0.2) is 64.1 Å². The highest BCUT2D eigenvalue weighted by molar-refractivity contribution is 5.80. The first kappa shape index (κ1) is 20.1. The third kappa shape index (κ3) is 4.36. The molecule has 0 aliphatic carbocycles. The fraction of sp³-hybridized carbons (Fsp3) is 0.304. The van der Waals surface area contributed by atoms with Gasteiger partial charge in [0, 0.05) is 43.7 Å². The van der Waals surface area contributed by atoms with Crippen molar-refractivity contribution >= 4 is 11.8 Å². The van der Waals surface area contributed by atoms with Gasteiger partial charge >= 0.3 is 0 Å². The number of rotatable bonds is 4. The zero-order valence-corrected chi connectivity index (χ0v) is 17.3. The first-order valence-electron chi connectivity index (χ1n) is 10.1. The zero-order chi connectivity index (χ0) is 21.1. The number of guanidine groups is 1. The summed E-state index contributed by atoms with van der Waals surface area (Å²) in [5.74, 6) is 0.636. The van der Waals surface area contributed by atoms with Gasteiger partial charge in [0.15, 0.2) is 5.96 Å². The van der Waals surface area contributed by atoms with E-state index in [0.29, 0.717) is 17.4 Å². The van der Waals surface area contributed by atoms with E-state index in [1.165, 1.54) is 6.07 Å². The summed E-state index contributed by atoms with van der Waals surface area (Å²) in [6, 6.07) is 16.4. The van der Waals surface area contributed by atoms with Crippen molar-refractivity contribution in [3.8, 4) is 11.1 Å². The number of hydrogen-bond acceptors (Lipinski definition) is 4. The summed E-state index contributed by atoms with van der Waals surface area (Å²) in [6.07, 6.45) is 0. The Morgan fingerprint density at radius 3 is 2.50 bits per heavy atom. The molecule has 2 heterocycles. The van der Waals surface area contributed by atoms with Crippen LogP contribution in [0.25, 0.3) is 11.1 Å². The van der Waals surface area contributed by atoms with Gasteiger partial charge < -0.3 is 20.1 Å². The maximum absolute atomic E-state index is 14.0. The maximum Gasteiger partial charge on any atom is 0.253 e. The van der Waals surface area contributed by atoms with Gasteiger partial charge in [0.1, 0.15) is 5.82 Å². The van der Waals surface area contributed by atoms with E-state index in [9.17, 15) is 4.39 Å². The third-order valence-electron chi connectivity index (χ3n) is 5.61. The molecule has 1 aromatic heterocycles. The number of halogens is 1. The van der Waals surface area contributed by atoms with E-state index in [1.54, 1.807) is 12.1 Å². The molecule has 1 aliphatic heterocycles. The molecular formula is C23H26FN5O. The standard InChI is InChI=1S/C23H26FN5O/c1-16(17-7-9-18(10-8-17)19-5-3-4-6-20(19)24)21-15-22(30-27-21)26-23(25)29-13-11-28(2)12-14-29/h3-10,15-16H,11-14H2,1-2H3,(H2,25,26). The fourth-order valence-electron chi connectivity index (χ4n) is 3.57. The molecule has 1 fully saturated rings. The molecule has 2 aromatic carbocycles. The Morgan fingerprint density at radius 1 is 1.10 bits per heavy atom. The van der Waals surface area contributed by atoms with Crippen LogP contribution in [0.1, 0.15) is 24.1 Å². The van der Waals surface area contributed by atoms with Crippen LogP contribution in [-0.2, 0) is 0 Å². The van der Waals surface area contributed by atoms with Crippen molar-refractivity contribution in [1.29, 1.82) is 0 Å². The van der Waals surface area contributed by atoms with E-state index in [-0.39, 0.29) is 11.7 Å². The second-order valence-electron chi connectivity index (χ2n) is 7.67. The minimum Gasteiger partial charge on any atom is -0.369 e. The number of benzene rings is 2. The highest BCUT2D eigenvalue weighted by Gasteiger charge is 2.18. The number of likely N-dealkylation sites (N-methyl/N-ethyl adjacent to an activating group) is 1. The van der Waals surface area contributed by atoms with Crippen LogP contribution >= 0.6 is 0 Å². The van der Waals surface area contributed by atoms with Gasteiger partial charge in [-0.3, -0.25) is 0 Å². The van der Waals surface area contributed by atoms with Gasteiger partial charge in [0.2, 0.25) is 0 Å². The van der Waals surface area contributed by atoms with E-state index in [2.05, 4.69) is 22.1 Å². The van der Waals surface area contributed by atoms with Crippen molar-refractivity contribution in [2.45, 2.75) is 12.8 Å². The molecule has 0 radical (unpaired) electrons. The molecule has 1 atom stereocenters. The molecule has 7 heteroatoms. The lowest BCUT2D eigenvalue weighted by Crippen LogP contribution is -2.49. The van der Waals surface area contributed by atoms with Crippen LogP contribution in [0, 0.1) is 5.82 Å². The lowest BCUT2D eigenvalue weighted by atomic mass is 9.95. The summed E-state index contributed by atoms with van der Waals surface area (Å²) in [5.41, 5.74) is 9.42. The van der Waals surface area contributed by atoms with Crippen LogP contribution in [0.2, 0.25) is 0 Å². The van der Waals surface area contributed by atoms with Gasteiger partial charge in [-0.1, -0.05) is 54.5 Å². The molecule has 6 nitrogen and oxygen atoms in total. The van der Waals surface area contributed by atoms with Crippen molar-refractivity contribution in [3.05, 3.63) is 71.7 Å². The Balaban J connectivity index is 1.47. The van der Waals surface area contributed by atoms with Crippen LogP contribution < -0.4 is 5.73 Å². The summed E-state index contributed by atoms with van der Waals surface area (Å²) < 4.78 is 19.4. The van der Waals surface area contributed by atoms with Crippen molar-refractivity contribution in [2.24, 2.45) is 10.7 Å². The lowest BCUT2D eigenvalue weighted by Gasteiger charge is -2.32. The summed E-state index contributed by atoms with van der Waals surface area (Å²) in [5, 5.41) is 4.17. The van der Waals surface area contributed by atoms with E-state index in [0.717, 1.165) is 43.0 Å². The van der Waals surface area contributed by atoms with Gasteiger partial charge in [0.25, 0.3) is 5.88 Å². The first-order valence-corrected chi connectivity index (χ1v) is 10.1. The molecule has 0 saturated carbocycles. The zero-order valence-electron chi connectivity index (χ0n) is 17.3. The molecule has 0 amide bonds. The first-order chi connectivity index (χ1) is 14.5. The second kappa shape index (κ2) is 8.67. The van der Waals surface area contributed by atoms with Crippen molar-refractivity contribution in [2.75, 3.05) is 33.2 Å². The molecular weight excluding hydrogens is 381 g/mol. The summed E-state index contributed by atoms with van der Waals surface area (Å²) in [7, 11) is 2.09. The highest BCUT2D eigenvalue weighted by atomic mass is 19.1. The Morgan fingerprint density at radius 2 is 1.80 bits per heavy atom. The molecule has 1 saturated heterocycles. The number of nitrogens with two attached hydrogens (primary N) is 1. The quantitative estimate of drug-likeness (QED) is 0.526. The Hall–Kier alpha value is -3.19. The third-order valence-corrected chi connectivity index (χ3v) is 5.61. The monoisotopic (exact) mass is 407 g/mol. The minimum absolute atomic E-state index is 0.0113. The van der Waals surface area contributed by atoms with Crippen LogP contribution in [0.3, 0.4) is 0 Å². The molecule has 156 valence electrons. The van der Waals surface area contributed by atoms with Gasteiger partial charge in [0.05, 0.1) is 5.69 Å². The Kier molecular flexibility index (Phi) is 5.81. The summed E-state index contributed by atoms with van der Waals surface area (Å²) in [6.45, 7) is 5.65. The van der Waals surface area contributed by atoms with Gasteiger partial charge in [-0.2, -0.15) is 4.99 Å². The second-order valence-corrected chi connectivity index (χ2v) is 7.67. The topological polar surface area (TPSA) is 70.9 Å². The van der Waals surface area contributed by atoms with E-state index < -0.39 is 0 Å². The molecule has 0 bridgehead atoms. The summed E-state index contributed by atoms with van der Waals surface area (Å²) >= 11 is 0.